The molecule has 0 amide bonds. The molecule has 0 aromatic heterocycles. The average Bonchev–Trinajstić information content (AvgIpc) is 3.04. The van der Waals surface area contributed by atoms with Crippen LogP contribution in [0.5, 0.6) is 0 Å². The molecule has 1 saturated heterocycles. The van der Waals surface area contributed by atoms with E-state index < -0.39 is 11.0 Å². The van der Waals surface area contributed by atoms with E-state index in [-0.39, 0.29) is 10.8 Å². The molecule has 4 heteroatoms. The van der Waals surface area contributed by atoms with E-state index in [1.54, 1.807) is 11.1 Å². The summed E-state index contributed by atoms with van der Waals surface area (Å²) in [4.78, 5) is 13.1. The second-order valence-corrected chi connectivity index (χ2v) is 12.1. The zero-order valence-corrected chi connectivity index (χ0v) is 18.8. The van der Waals surface area contributed by atoms with Crippen molar-refractivity contribution in [1.29, 1.82) is 0 Å². The number of Topliss-reactive ketones (excluding diaryl/α,β-unsaturated/α-hetero) is 1. The third-order valence-corrected chi connectivity index (χ3v) is 9.97. The van der Waals surface area contributed by atoms with E-state index in [1.807, 2.05) is 12.1 Å². The van der Waals surface area contributed by atoms with E-state index >= 15 is 0 Å². The van der Waals surface area contributed by atoms with Crippen LogP contribution in [-0.4, -0.2) is 27.4 Å². The summed E-state index contributed by atoms with van der Waals surface area (Å²) < 4.78 is 15.5. The quantitative estimate of drug-likeness (QED) is 0.626. The maximum absolute atomic E-state index is 13.3. The van der Waals surface area contributed by atoms with Gasteiger partial charge in [-0.2, -0.15) is 0 Å². The number of aryl methyl sites for hydroxylation is 1. The second-order valence-electron chi connectivity index (χ2n) is 10.6. The molecule has 1 aromatic rings. The van der Waals surface area contributed by atoms with Gasteiger partial charge in [0.2, 0.25) is 0 Å². The van der Waals surface area contributed by atoms with Crippen molar-refractivity contribution >= 4 is 16.8 Å². The van der Waals surface area contributed by atoms with Gasteiger partial charge in [0.1, 0.15) is 16.8 Å². The lowest BCUT2D eigenvalue weighted by Gasteiger charge is -2.53. The van der Waals surface area contributed by atoms with Crippen molar-refractivity contribution in [1.82, 2.24) is 4.31 Å². The average molecular weight is 412 g/mol. The highest BCUT2D eigenvalue weighted by molar-refractivity contribution is 7.82. The predicted molar refractivity (Wildman–Crippen MR) is 117 cm³/mol. The predicted octanol–water partition coefficient (Wildman–Crippen LogP) is 5.22. The van der Waals surface area contributed by atoms with Crippen molar-refractivity contribution in [3.63, 3.8) is 0 Å². The molecule has 5 rings (SSSR count). The standard InChI is InChI=1S/C25H33NO2S/c1-17-4-7-19(8-5-17)29(28)26-15-23-21-10-12-24(2)14-18(27)6-9-22(24)20(21)11-13-25(23,3)16-26/h4-5,7-8,20,22H,6,9-16H2,1-3H3. The Morgan fingerprint density at radius 2 is 1.83 bits per heavy atom. The number of carbonyl (C=O) groups is 1. The van der Waals surface area contributed by atoms with E-state index in [9.17, 15) is 9.00 Å². The van der Waals surface area contributed by atoms with Gasteiger partial charge in [-0.3, -0.25) is 4.79 Å². The smallest absolute Gasteiger partial charge is 0.133 e. The molecule has 3 aliphatic carbocycles. The molecule has 1 heterocycles. The third kappa shape index (κ3) is 3.18. The summed E-state index contributed by atoms with van der Waals surface area (Å²) in [6.45, 7) is 8.60. The molecule has 0 radical (unpaired) electrons. The summed E-state index contributed by atoms with van der Waals surface area (Å²) in [6, 6.07) is 8.15. The fourth-order valence-corrected chi connectivity index (χ4v) is 8.23. The zero-order valence-electron chi connectivity index (χ0n) is 18.0. The van der Waals surface area contributed by atoms with Gasteiger partial charge in [0.25, 0.3) is 0 Å². The first kappa shape index (κ1) is 19.7. The lowest BCUT2D eigenvalue weighted by Crippen LogP contribution is -2.45. The van der Waals surface area contributed by atoms with Crippen LogP contribution >= 0.6 is 0 Å². The Morgan fingerprint density at radius 1 is 1.07 bits per heavy atom. The van der Waals surface area contributed by atoms with Crippen LogP contribution in [0.4, 0.5) is 0 Å². The van der Waals surface area contributed by atoms with Crippen LogP contribution in [0.15, 0.2) is 40.3 Å². The Morgan fingerprint density at radius 3 is 2.59 bits per heavy atom. The van der Waals surface area contributed by atoms with Crippen LogP contribution in [0, 0.1) is 29.6 Å². The van der Waals surface area contributed by atoms with Gasteiger partial charge >= 0.3 is 0 Å². The van der Waals surface area contributed by atoms with E-state index in [1.165, 1.54) is 18.4 Å². The second kappa shape index (κ2) is 6.88. The van der Waals surface area contributed by atoms with Crippen LogP contribution in [-0.2, 0) is 15.8 Å². The first-order chi connectivity index (χ1) is 13.8. The van der Waals surface area contributed by atoms with Gasteiger partial charge in [0.15, 0.2) is 0 Å². The van der Waals surface area contributed by atoms with Gasteiger partial charge < -0.3 is 0 Å². The fourth-order valence-electron chi connectivity index (χ4n) is 6.92. The normalized spacial score (nSPS) is 38.4. The number of hydrogen-bond donors (Lipinski definition) is 0. The number of ketones is 1. The van der Waals surface area contributed by atoms with E-state index in [4.69, 9.17) is 0 Å². The van der Waals surface area contributed by atoms with Crippen molar-refractivity contribution in [3.8, 4) is 0 Å². The van der Waals surface area contributed by atoms with Gasteiger partial charge in [0, 0.05) is 31.3 Å². The highest BCUT2D eigenvalue weighted by Crippen LogP contribution is 2.60. The first-order valence-corrected chi connectivity index (χ1v) is 12.4. The van der Waals surface area contributed by atoms with E-state index in [0.717, 1.165) is 50.1 Å². The molecular weight excluding hydrogens is 378 g/mol. The van der Waals surface area contributed by atoms with Crippen molar-refractivity contribution < 1.29 is 9.00 Å². The maximum atomic E-state index is 13.3. The molecule has 1 aromatic carbocycles. The highest BCUT2D eigenvalue weighted by atomic mass is 32.2. The molecule has 1 aliphatic heterocycles. The molecule has 0 spiro atoms. The molecule has 3 fully saturated rings. The molecule has 0 bridgehead atoms. The molecule has 5 unspecified atom stereocenters. The minimum Gasteiger partial charge on any atom is -0.300 e. The monoisotopic (exact) mass is 411 g/mol. The number of allylic oxidation sites excluding steroid dienone is 1. The van der Waals surface area contributed by atoms with Crippen LogP contribution in [0.25, 0.3) is 0 Å². The van der Waals surface area contributed by atoms with Gasteiger partial charge in [-0.1, -0.05) is 37.1 Å². The summed E-state index contributed by atoms with van der Waals surface area (Å²) in [5.41, 5.74) is 4.86. The Labute approximate surface area is 177 Å². The lowest BCUT2D eigenvalue weighted by atomic mass is 9.51. The van der Waals surface area contributed by atoms with Crippen LogP contribution in [0.1, 0.15) is 64.4 Å². The minimum atomic E-state index is -1.09. The number of fused-ring (bicyclic) bond motifs is 4. The van der Waals surface area contributed by atoms with E-state index in [2.05, 4.69) is 37.2 Å². The molecular formula is C25H33NO2S. The molecule has 3 nitrogen and oxygen atoms in total. The summed E-state index contributed by atoms with van der Waals surface area (Å²) in [5.74, 6) is 1.79. The van der Waals surface area contributed by atoms with Crippen molar-refractivity contribution in [2.45, 2.75) is 70.6 Å². The number of rotatable bonds is 2. The lowest BCUT2D eigenvalue weighted by molar-refractivity contribution is -0.127. The molecule has 29 heavy (non-hydrogen) atoms. The van der Waals surface area contributed by atoms with Crippen LogP contribution in [0.3, 0.4) is 0 Å². The van der Waals surface area contributed by atoms with Crippen molar-refractivity contribution in [2.24, 2.45) is 22.7 Å². The van der Waals surface area contributed by atoms with Crippen molar-refractivity contribution in [2.75, 3.05) is 13.1 Å². The highest BCUT2D eigenvalue weighted by Gasteiger charge is 2.53. The van der Waals surface area contributed by atoms with Crippen molar-refractivity contribution in [3.05, 3.63) is 41.0 Å². The van der Waals surface area contributed by atoms with Gasteiger partial charge in [-0.05, 0) is 74.0 Å². The summed E-state index contributed by atoms with van der Waals surface area (Å²) >= 11 is 0. The van der Waals surface area contributed by atoms with Crippen LogP contribution < -0.4 is 0 Å². The molecule has 4 aliphatic rings. The number of carbonyl (C=O) groups excluding carboxylic acids is 1. The van der Waals surface area contributed by atoms with E-state index in [0.29, 0.717) is 17.6 Å². The number of hydrogen-bond acceptors (Lipinski definition) is 2. The Balaban J connectivity index is 1.44. The molecule has 2 saturated carbocycles. The minimum absolute atomic E-state index is 0.171. The fraction of sp³-hybridized carbons (Fsp3) is 0.640. The largest absolute Gasteiger partial charge is 0.300 e. The molecule has 0 N–H and O–H groups in total. The summed E-state index contributed by atoms with van der Waals surface area (Å²) in [6.07, 6.45) is 7.37. The third-order valence-electron chi connectivity index (χ3n) is 8.57. The topological polar surface area (TPSA) is 37.4 Å². The maximum Gasteiger partial charge on any atom is 0.133 e. The first-order valence-electron chi connectivity index (χ1n) is 11.3. The Hall–Kier alpha value is -1.26. The number of nitrogens with zero attached hydrogens (tertiary/aromatic N) is 1. The molecule has 5 atom stereocenters. The van der Waals surface area contributed by atoms with Crippen LogP contribution in [0.2, 0.25) is 0 Å². The molecule has 156 valence electrons. The summed E-state index contributed by atoms with van der Waals surface area (Å²) in [7, 11) is -1.09. The van der Waals surface area contributed by atoms with Gasteiger partial charge in [0.05, 0.1) is 4.90 Å². The SMILES string of the molecule is Cc1ccc(S(=O)N2CC3=C4CCC5(C)CC(=O)CCC5C4CCC3(C)C2)cc1. The summed E-state index contributed by atoms with van der Waals surface area (Å²) in [5, 5.41) is 0. The Bertz CT molecular complexity index is 904. The zero-order chi connectivity index (χ0) is 20.4. The van der Waals surface area contributed by atoms with Gasteiger partial charge in [-0.25, -0.2) is 8.51 Å². The Kier molecular flexibility index (Phi) is 4.67. The van der Waals surface area contributed by atoms with Gasteiger partial charge in [-0.15, -0.1) is 0 Å². The number of benzene rings is 1.